The first kappa shape index (κ1) is 26.7. The van der Waals surface area contributed by atoms with E-state index in [-0.39, 0.29) is 11.3 Å². The minimum absolute atomic E-state index is 0.0481. The molecule has 4 heterocycles. The fourth-order valence-electron chi connectivity index (χ4n) is 5.65. The van der Waals surface area contributed by atoms with Crippen LogP contribution in [0.25, 0.3) is 11.4 Å². The van der Waals surface area contributed by atoms with Crippen molar-refractivity contribution in [3.05, 3.63) is 102 Å². The zero-order valence-corrected chi connectivity index (χ0v) is 22.9. The quantitative estimate of drug-likeness (QED) is 0.194. The number of ether oxygens (including phenoxy) is 2. The van der Waals surface area contributed by atoms with E-state index in [2.05, 4.69) is 9.88 Å². The van der Waals surface area contributed by atoms with Crippen LogP contribution in [0.2, 0.25) is 0 Å². The van der Waals surface area contributed by atoms with Gasteiger partial charge in [-0.2, -0.15) is 0 Å². The number of aliphatic hydroxyl groups is 1. The fourth-order valence-corrected chi connectivity index (χ4v) is 5.65. The number of imidazole rings is 1. The summed E-state index contributed by atoms with van der Waals surface area (Å²) in [6.45, 7) is 5.99. The van der Waals surface area contributed by atoms with E-state index in [1.807, 2.05) is 72.8 Å². The first-order valence-electron chi connectivity index (χ1n) is 13.9. The Morgan fingerprint density at radius 3 is 2.54 bits per heavy atom. The van der Waals surface area contributed by atoms with Crippen molar-refractivity contribution in [1.82, 2.24) is 19.2 Å². The molecule has 6 rings (SSSR count). The summed E-state index contributed by atoms with van der Waals surface area (Å²) in [5.74, 6) is -0.336. The molecule has 2 aromatic carbocycles. The first-order chi connectivity index (χ1) is 20.0. The summed E-state index contributed by atoms with van der Waals surface area (Å²) in [7, 11) is 0. The molecular weight excluding hydrogens is 520 g/mol. The highest BCUT2D eigenvalue weighted by atomic mass is 16.5. The topological polar surface area (TPSA) is 96.6 Å². The number of carbonyl (C=O) groups is 2. The number of likely N-dealkylation sites (tertiary alicyclic amines) is 1. The fraction of sp³-hybridized carbons (Fsp3) is 0.281. The zero-order valence-electron chi connectivity index (χ0n) is 22.9. The number of aliphatic hydroxyl groups excluding tert-OH is 1. The highest BCUT2D eigenvalue weighted by molar-refractivity contribution is 6.46. The number of aryl methyl sites for hydroxylation is 1. The van der Waals surface area contributed by atoms with E-state index in [1.54, 1.807) is 22.4 Å². The van der Waals surface area contributed by atoms with E-state index in [1.165, 1.54) is 0 Å². The van der Waals surface area contributed by atoms with Gasteiger partial charge in [-0.1, -0.05) is 36.4 Å². The minimum Gasteiger partial charge on any atom is -0.505 e. The van der Waals surface area contributed by atoms with Crippen LogP contribution >= 0.6 is 0 Å². The van der Waals surface area contributed by atoms with Gasteiger partial charge in [-0.25, -0.2) is 4.98 Å². The summed E-state index contributed by atoms with van der Waals surface area (Å²) < 4.78 is 13.3. The molecule has 41 heavy (non-hydrogen) atoms. The third-order valence-electron chi connectivity index (χ3n) is 7.60. The summed E-state index contributed by atoms with van der Waals surface area (Å²) >= 11 is 0. The predicted octanol–water partition coefficient (Wildman–Crippen LogP) is 4.58. The molecule has 2 saturated heterocycles. The molecule has 0 saturated carbocycles. The van der Waals surface area contributed by atoms with Crippen molar-refractivity contribution in [2.24, 2.45) is 0 Å². The smallest absolute Gasteiger partial charge is 0.295 e. The molecular formula is C32H32N4O5. The molecule has 1 amide bonds. The molecule has 2 fully saturated rings. The lowest BCUT2D eigenvalue weighted by Crippen LogP contribution is -2.38. The number of fused-ring (bicyclic) bond motifs is 1. The number of aromatic nitrogens is 2. The molecule has 2 aliphatic heterocycles. The normalized spacial score (nSPS) is 19.2. The van der Waals surface area contributed by atoms with E-state index < -0.39 is 17.7 Å². The number of para-hydroxylation sites is 1. The van der Waals surface area contributed by atoms with Crippen LogP contribution in [0.5, 0.6) is 11.5 Å². The SMILES string of the molecule is Cc1nc2ccccn2c1C(O)=C1C(=O)C(=O)N(CCCN2CCOCC2)C1c1cccc(Oc2ccccc2)c1. The van der Waals surface area contributed by atoms with Gasteiger partial charge in [-0.3, -0.25) is 18.9 Å². The maximum atomic E-state index is 13.6. The Morgan fingerprint density at radius 2 is 1.73 bits per heavy atom. The lowest BCUT2D eigenvalue weighted by atomic mass is 9.96. The van der Waals surface area contributed by atoms with Crippen molar-refractivity contribution in [2.45, 2.75) is 19.4 Å². The maximum Gasteiger partial charge on any atom is 0.295 e. The second-order valence-electron chi connectivity index (χ2n) is 10.3. The number of pyridine rings is 1. The lowest BCUT2D eigenvalue weighted by Gasteiger charge is -2.29. The van der Waals surface area contributed by atoms with Gasteiger partial charge in [0.1, 0.15) is 22.8 Å². The van der Waals surface area contributed by atoms with E-state index in [0.29, 0.717) is 60.3 Å². The molecule has 9 nitrogen and oxygen atoms in total. The van der Waals surface area contributed by atoms with Gasteiger partial charge in [0.2, 0.25) is 0 Å². The average Bonchev–Trinajstić information content (AvgIpc) is 3.46. The summed E-state index contributed by atoms with van der Waals surface area (Å²) in [4.78, 5) is 35.6. The summed E-state index contributed by atoms with van der Waals surface area (Å²) in [6.07, 6.45) is 2.46. The van der Waals surface area contributed by atoms with Crippen molar-refractivity contribution in [1.29, 1.82) is 0 Å². The molecule has 1 unspecified atom stereocenters. The van der Waals surface area contributed by atoms with Crippen LogP contribution in [0.15, 0.2) is 84.6 Å². The van der Waals surface area contributed by atoms with Gasteiger partial charge in [0.25, 0.3) is 11.7 Å². The van der Waals surface area contributed by atoms with Crippen LogP contribution in [0.1, 0.15) is 29.4 Å². The van der Waals surface area contributed by atoms with Crippen molar-refractivity contribution in [2.75, 3.05) is 39.4 Å². The number of benzene rings is 2. The Hall–Kier alpha value is -4.47. The van der Waals surface area contributed by atoms with Crippen LogP contribution in [0, 0.1) is 6.92 Å². The van der Waals surface area contributed by atoms with Crippen LogP contribution in [-0.2, 0) is 14.3 Å². The monoisotopic (exact) mass is 552 g/mol. The molecule has 9 heteroatoms. The Bertz CT molecular complexity index is 1610. The van der Waals surface area contributed by atoms with Gasteiger partial charge in [-0.15, -0.1) is 0 Å². The Balaban J connectivity index is 1.40. The van der Waals surface area contributed by atoms with Crippen LogP contribution in [-0.4, -0.2) is 75.4 Å². The van der Waals surface area contributed by atoms with E-state index >= 15 is 0 Å². The highest BCUT2D eigenvalue weighted by Gasteiger charge is 2.46. The van der Waals surface area contributed by atoms with Crippen molar-refractivity contribution < 1.29 is 24.2 Å². The van der Waals surface area contributed by atoms with Gasteiger partial charge in [0.15, 0.2) is 5.76 Å². The molecule has 0 bridgehead atoms. The number of nitrogens with zero attached hydrogens (tertiary/aromatic N) is 4. The van der Waals surface area contributed by atoms with Crippen LogP contribution in [0.3, 0.4) is 0 Å². The Morgan fingerprint density at radius 1 is 0.976 bits per heavy atom. The predicted molar refractivity (Wildman–Crippen MR) is 154 cm³/mol. The van der Waals surface area contributed by atoms with Gasteiger partial charge >= 0.3 is 0 Å². The summed E-state index contributed by atoms with van der Waals surface area (Å²) in [5.41, 5.74) is 2.32. The van der Waals surface area contributed by atoms with Crippen LogP contribution in [0.4, 0.5) is 0 Å². The summed E-state index contributed by atoms with van der Waals surface area (Å²) in [5, 5.41) is 11.7. The highest BCUT2D eigenvalue weighted by Crippen LogP contribution is 2.41. The molecule has 2 aliphatic rings. The molecule has 0 radical (unpaired) electrons. The number of morpholine rings is 1. The van der Waals surface area contributed by atoms with Gasteiger partial charge < -0.3 is 19.5 Å². The number of amides is 1. The Kier molecular flexibility index (Phi) is 7.54. The number of carbonyl (C=O) groups excluding carboxylic acids is 2. The standard InChI is InChI=1S/C32H32N4O5/c1-22-28(35-15-6-5-13-26(35)33-22)30(37)27-29(23-9-7-12-25(21-23)41-24-10-3-2-4-11-24)36(32(39)31(27)38)16-8-14-34-17-19-40-20-18-34/h2-7,9-13,15,21,29,37H,8,14,16-20H2,1H3. The summed E-state index contributed by atoms with van der Waals surface area (Å²) in [6, 6.07) is 21.5. The second kappa shape index (κ2) is 11.6. The Labute approximate surface area is 238 Å². The van der Waals surface area contributed by atoms with E-state index in [0.717, 1.165) is 19.6 Å². The van der Waals surface area contributed by atoms with E-state index in [9.17, 15) is 14.7 Å². The maximum absolute atomic E-state index is 13.6. The molecule has 0 spiro atoms. The molecule has 0 aliphatic carbocycles. The van der Waals surface area contributed by atoms with Gasteiger partial charge in [0.05, 0.1) is 30.5 Å². The lowest BCUT2D eigenvalue weighted by molar-refractivity contribution is -0.140. The molecule has 1 N–H and O–H groups in total. The number of hydrogen-bond donors (Lipinski definition) is 1. The van der Waals surface area contributed by atoms with Crippen molar-refractivity contribution >= 4 is 23.1 Å². The minimum atomic E-state index is -0.785. The zero-order chi connectivity index (χ0) is 28.3. The second-order valence-corrected chi connectivity index (χ2v) is 10.3. The molecule has 2 aromatic heterocycles. The molecule has 1 atom stereocenters. The number of hydrogen-bond acceptors (Lipinski definition) is 7. The molecule has 210 valence electrons. The first-order valence-corrected chi connectivity index (χ1v) is 13.9. The average molecular weight is 553 g/mol. The number of rotatable bonds is 8. The number of ketones is 1. The van der Waals surface area contributed by atoms with Crippen molar-refractivity contribution in [3.63, 3.8) is 0 Å². The van der Waals surface area contributed by atoms with Gasteiger partial charge in [-0.05, 0) is 55.3 Å². The van der Waals surface area contributed by atoms with Crippen molar-refractivity contribution in [3.8, 4) is 11.5 Å². The molecule has 4 aromatic rings. The van der Waals surface area contributed by atoms with Gasteiger partial charge in [0, 0.05) is 32.4 Å². The largest absolute Gasteiger partial charge is 0.505 e. The van der Waals surface area contributed by atoms with E-state index in [4.69, 9.17) is 9.47 Å². The van der Waals surface area contributed by atoms with Crippen LogP contribution < -0.4 is 4.74 Å². The third kappa shape index (κ3) is 5.33. The third-order valence-corrected chi connectivity index (χ3v) is 7.60. The number of Topliss-reactive ketones (excluding diaryl/α,β-unsaturated/α-hetero) is 1.